The highest BCUT2D eigenvalue weighted by atomic mass is 16.5. The summed E-state index contributed by atoms with van der Waals surface area (Å²) in [6.07, 6.45) is 6.36. The van der Waals surface area contributed by atoms with Gasteiger partial charge < -0.3 is 15.0 Å². The van der Waals surface area contributed by atoms with Gasteiger partial charge >= 0.3 is 0 Å². The Labute approximate surface area is 121 Å². The van der Waals surface area contributed by atoms with E-state index in [4.69, 9.17) is 4.74 Å². The molecule has 0 unspecified atom stereocenters. The molecule has 1 amide bonds. The van der Waals surface area contributed by atoms with Crippen molar-refractivity contribution < 1.29 is 9.53 Å². The first-order valence-corrected chi connectivity index (χ1v) is 7.41. The fraction of sp³-hybridized carbons (Fsp3) is 0.562. The van der Waals surface area contributed by atoms with Crippen molar-refractivity contribution in [1.82, 2.24) is 0 Å². The van der Waals surface area contributed by atoms with Crippen molar-refractivity contribution in [1.29, 1.82) is 0 Å². The maximum atomic E-state index is 11.4. The molecule has 1 fully saturated rings. The van der Waals surface area contributed by atoms with Gasteiger partial charge in [-0.15, -0.1) is 0 Å². The van der Waals surface area contributed by atoms with Gasteiger partial charge in [-0.1, -0.05) is 19.3 Å². The van der Waals surface area contributed by atoms with Crippen molar-refractivity contribution in [3.63, 3.8) is 0 Å². The average molecular weight is 276 g/mol. The van der Waals surface area contributed by atoms with Gasteiger partial charge in [0.2, 0.25) is 5.91 Å². The number of hydrogen-bond acceptors (Lipinski definition) is 3. The number of carbonyl (C=O) groups is 1. The minimum atomic E-state index is -0.0495. The summed E-state index contributed by atoms with van der Waals surface area (Å²) in [4.78, 5) is 13.8. The molecule has 1 aliphatic rings. The summed E-state index contributed by atoms with van der Waals surface area (Å²) < 4.78 is 5.25. The van der Waals surface area contributed by atoms with E-state index in [2.05, 4.69) is 10.2 Å². The quantitative estimate of drug-likeness (QED) is 0.919. The van der Waals surface area contributed by atoms with Crippen LogP contribution in [0, 0.1) is 0 Å². The zero-order chi connectivity index (χ0) is 14.4. The molecule has 0 radical (unpaired) electrons. The zero-order valence-electron chi connectivity index (χ0n) is 12.4. The van der Waals surface area contributed by atoms with Crippen molar-refractivity contribution >= 4 is 17.3 Å². The molecule has 20 heavy (non-hydrogen) atoms. The SMILES string of the molecule is COc1ccc(N2CCCCCCC2)c(NC(C)=O)c1. The minimum Gasteiger partial charge on any atom is -0.497 e. The highest BCUT2D eigenvalue weighted by Gasteiger charge is 2.14. The van der Waals surface area contributed by atoms with Crippen LogP contribution in [0.25, 0.3) is 0 Å². The van der Waals surface area contributed by atoms with Crippen LogP contribution in [-0.4, -0.2) is 26.1 Å². The van der Waals surface area contributed by atoms with Crippen LogP contribution < -0.4 is 15.0 Å². The van der Waals surface area contributed by atoms with E-state index in [1.54, 1.807) is 7.11 Å². The van der Waals surface area contributed by atoms with E-state index >= 15 is 0 Å². The van der Waals surface area contributed by atoms with E-state index in [0.717, 1.165) is 30.2 Å². The van der Waals surface area contributed by atoms with Gasteiger partial charge in [0.15, 0.2) is 0 Å². The monoisotopic (exact) mass is 276 g/mol. The van der Waals surface area contributed by atoms with E-state index in [-0.39, 0.29) is 5.91 Å². The lowest BCUT2D eigenvalue weighted by atomic mass is 10.1. The third-order valence-corrected chi connectivity index (χ3v) is 3.71. The Bertz CT molecular complexity index is 452. The van der Waals surface area contributed by atoms with Crippen LogP contribution in [0.4, 0.5) is 11.4 Å². The third-order valence-electron chi connectivity index (χ3n) is 3.71. The summed E-state index contributed by atoms with van der Waals surface area (Å²) >= 11 is 0. The highest BCUT2D eigenvalue weighted by molar-refractivity contribution is 5.93. The number of nitrogens with zero attached hydrogens (tertiary/aromatic N) is 1. The summed E-state index contributed by atoms with van der Waals surface area (Å²) in [7, 11) is 1.64. The topological polar surface area (TPSA) is 41.6 Å². The number of carbonyl (C=O) groups excluding carboxylic acids is 1. The maximum absolute atomic E-state index is 11.4. The Morgan fingerprint density at radius 1 is 1.15 bits per heavy atom. The number of benzene rings is 1. The first-order valence-electron chi connectivity index (χ1n) is 7.41. The molecule has 0 bridgehead atoms. The van der Waals surface area contributed by atoms with Crippen molar-refractivity contribution in [2.24, 2.45) is 0 Å². The van der Waals surface area contributed by atoms with E-state index in [9.17, 15) is 4.79 Å². The van der Waals surface area contributed by atoms with Crippen LogP contribution in [0.5, 0.6) is 5.75 Å². The second kappa shape index (κ2) is 7.17. The summed E-state index contributed by atoms with van der Waals surface area (Å²) in [5.41, 5.74) is 1.94. The van der Waals surface area contributed by atoms with Crippen LogP contribution in [0.1, 0.15) is 39.0 Å². The smallest absolute Gasteiger partial charge is 0.221 e. The van der Waals surface area contributed by atoms with Gasteiger partial charge in [0.25, 0.3) is 0 Å². The Morgan fingerprint density at radius 3 is 2.40 bits per heavy atom. The number of anilines is 2. The fourth-order valence-electron chi connectivity index (χ4n) is 2.70. The van der Waals surface area contributed by atoms with E-state index in [0.29, 0.717) is 0 Å². The molecule has 1 aromatic rings. The molecule has 4 nitrogen and oxygen atoms in total. The normalized spacial score (nSPS) is 16.2. The third kappa shape index (κ3) is 3.89. The highest BCUT2D eigenvalue weighted by Crippen LogP contribution is 2.31. The van der Waals surface area contributed by atoms with Gasteiger partial charge in [0.05, 0.1) is 18.5 Å². The molecule has 0 saturated carbocycles. The fourth-order valence-corrected chi connectivity index (χ4v) is 2.70. The molecular formula is C16H24N2O2. The molecule has 2 rings (SSSR count). The summed E-state index contributed by atoms with van der Waals surface area (Å²) in [6, 6.07) is 5.90. The molecule has 1 heterocycles. The Morgan fingerprint density at radius 2 is 1.80 bits per heavy atom. The first-order chi connectivity index (χ1) is 9.70. The van der Waals surface area contributed by atoms with Crippen LogP contribution in [0.2, 0.25) is 0 Å². The molecule has 1 aromatic carbocycles. The molecule has 0 aromatic heterocycles. The van der Waals surface area contributed by atoms with Gasteiger partial charge in [0.1, 0.15) is 5.75 Å². The molecule has 4 heteroatoms. The van der Waals surface area contributed by atoms with Gasteiger partial charge in [-0.25, -0.2) is 0 Å². The molecule has 110 valence electrons. The Kier molecular flexibility index (Phi) is 5.27. The van der Waals surface area contributed by atoms with E-state index < -0.39 is 0 Å². The second-order valence-corrected chi connectivity index (χ2v) is 5.32. The van der Waals surface area contributed by atoms with Crippen molar-refractivity contribution in [3.05, 3.63) is 18.2 Å². The van der Waals surface area contributed by atoms with Gasteiger partial charge in [-0.3, -0.25) is 4.79 Å². The number of methoxy groups -OCH3 is 1. The van der Waals surface area contributed by atoms with Crippen molar-refractivity contribution in [2.45, 2.75) is 39.0 Å². The number of ether oxygens (including phenoxy) is 1. The molecule has 1 saturated heterocycles. The summed E-state index contributed by atoms with van der Waals surface area (Å²) in [5, 5.41) is 2.92. The van der Waals surface area contributed by atoms with Crippen molar-refractivity contribution in [3.8, 4) is 5.75 Å². The van der Waals surface area contributed by atoms with E-state index in [1.807, 2.05) is 18.2 Å². The van der Waals surface area contributed by atoms with Crippen molar-refractivity contribution in [2.75, 3.05) is 30.4 Å². The lowest BCUT2D eigenvalue weighted by Crippen LogP contribution is -2.28. The van der Waals surface area contributed by atoms with E-state index in [1.165, 1.54) is 39.0 Å². The molecule has 0 aliphatic carbocycles. The van der Waals surface area contributed by atoms with Crippen LogP contribution in [0.15, 0.2) is 18.2 Å². The Balaban J connectivity index is 2.25. The standard InChI is InChI=1S/C16H24N2O2/c1-13(19)17-15-12-14(20-2)8-9-16(15)18-10-6-4-3-5-7-11-18/h8-9,12H,3-7,10-11H2,1-2H3,(H,17,19). The van der Waals surface area contributed by atoms with Gasteiger partial charge in [-0.2, -0.15) is 0 Å². The van der Waals surface area contributed by atoms with Crippen LogP contribution >= 0.6 is 0 Å². The lowest BCUT2D eigenvalue weighted by molar-refractivity contribution is -0.114. The number of amides is 1. The molecule has 0 atom stereocenters. The summed E-state index contributed by atoms with van der Waals surface area (Å²) in [6.45, 7) is 3.65. The predicted octanol–water partition coefficient (Wildman–Crippen LogP) is 3.42. The van der Waals surface area contributed by atoms with Crippen LogP contribution in [-0.2, 0) is 4.79 Å². The number of rotatable bonds is 3. The maximum Gasteiger partial charge on any atom is 0.221 e. The number of nitrogens with one attached hydrogen (secondary N) is 1. The zero-order valence-corrected chi connectivity index (χ0v) is 12.4. The lowest BCUT2D eigenvalue weighted by Gasteiger charge is -2.29. The van der Waals surface area contributed by atoms with Gasteiger partial charge in [0, 0.05) is 26.1 Å². The molecular weight excluding hydrogens is 252 g/mol. The average Bonchev–Trinajstić information content (AvgIpc) is 2.38. The largest absolute Gasteiger partial charge is 0.497 e. The summed E-state index contributed by atoms with van der Waals surface area (Å²) in [5.74, 6) is 0.719. The Hall–Kier alpha value is -1.71. The molecule has 1 aliphatic heterocycles. The predicted molar refractivity (Wildman–Crippen MR) is 82.6 cm³/mol. The second-order valence-electron chi connectivity index (χ2n) is 5.32. The van der Waals surface area contributed by atoms with Crippen LogP contribution in [0.3, 0.4) is 0 Å². The minimum absolute atomic E-state index is 0.0495. The molecule has 1 N–H and O–H groups in total. The van der Waals surface area contributed by atoms with Gasteiger partial charge in [-0.05, 0) is 25.0 Å². The molecule has 0 spiro atoms. The first kappa shape index (κ1) is 14.7. The number of hydrogen-bond donors (Lipinski definition) is 1.